The Hall–Kier alpha value is -2.87. The smallest absolute Gasteiger partial charge is 0.408 e. The molecule has 1 aromatic heterocycles. The predicted octanol–water partition coefficient (Wildman–Crippen LogP) is 3.73. The number of ether oxygens (including phenoxy) is 1. The van der Waals surface area contributed by atoms with Gasteiger partial charge in [0.05, 0.1) is 12.2 Å². The van der Waals surface area contributed by atoms with Gasteiger partial charge in [-0.3, -0.25) is 9.69 Å². The Morgan fingerprint density at radius 1 is 1.34 bits per heavy atom. The molecule has 1 aliphatic heterocycles. The summed E-state index contributed by atoms with van der Waals surface area (Å²) in [5, 5.41) is 14.1. The quantitative estimate of drug-likeness (QED) is 0.826. The molecule has 29 heavy (non-hydrogen) atoms. The third kappa shape index (κ3) is 3.98. The van der Waals surface area contributed by atoms with Crippen LogP contribution in [-0.4, -0.2) is 51.0 Å². The maximum atomic E-state index is 12.3. The van der Waals surface area contributed by atoms with Crippen molar-refractivity contribution in [3.05, 3.63) is 36.2 Å². The first kappa shape index (κ1) is 20.9. The van der Waals surface area contributed by atoms with Crippen LogP contribution in [-0.2, 0) is 16.3 Å². The first-order valence-electron chi connectivity index (χ1n) is 9.71. The lowest BCUT2D eigenvalue weighted by Gasteiger charge is -2.43. The summed E-state index contributed by atoms with van der Waals surface area (Å²) in [7, 11) is 1.61. The summed E-state index contributed by atoms with van der Waals surface area (Å²) in [4.78, 5) is 27.6. The van der Waals surface area contributed by atoms with Gasteiger partial charge in [-0.2, -0.15) is 5.10 Å². The minimum Gasteiger partial charge on any atom is -0.465 e. The third-order valence-corrected chi connectivity index (χ3v) is 5.33. The average molecular weight is 400 g/mol. The van der Waals surface area contributed by atoms with Gasteiger partial charge >= 0.3 is 6.09 Å². The molecular formula is C21H28N4O4. The molecule has 1 aromatic carbocycles. The van der Waals surface area contributed by atoms with Crippen molar-refractivity contribution in [2.75, 3.05) is 12.0 Å². The molecule has 1 aliphatic rings. The molecule has 2 atom stereocenters. The van der Waals surface area contributed by atoms with Crippen LogP contribution in [0.2, 0.25) is 0 Å². The molecule has 0 spiro atoms. The number of benzene rings is 1. The number of nitrogens with zero attached hydrogens (tertiary/aromatic N) is 4. The molecule has 2 amide bonds. The molecule has 2 aromatic rings. The van der Waals surface area contributed by atoms with E-state index in [1.165, 1.54) is 4.90 Å². The molecule has 0 radical (unpaired) electrons. The maximum Gasteiger partial charge on any atom is 0.408 e. The average Bonchev–Trinajstić information content (AvgIpc) is 3.09. The molecule has 0 saturated heterocycles. The van der Waals surface area contributed by atoms with Gasteiger partial charge in [0.25, 0.3) is 0 Å². The number of anilines is 1. The van der Waals surface area contributed by atoms with E-state index in [2.05, 4.69) is 5.10 Å². The Morgan fingerprint density at radius 2 is 2.07 bits per heavy atom. The lowest BCUT2D eigenvalue weighted by atomic mass is 9.88. The molecule has 0 aliphatic carbocycles. The zero-order valence-electron chi connectivity index (χ0n) is 17.5. The summed E-state index contributed by atoms with van der Waals surface area (Å²) in [6.07, 6.45) is 3.22. The van der Waals surface area contributed by atoms with Gasteiger partial charge in [0.2, 0.25) is 5.91 Å². The Kier molecular flexibility index (Phi) is 5.93. The van der Waals surface area contributed by atoms with Gasteiger partial charge in [-0.05, 0) is 50.5 Å². The molecule has 1 N–H and O–H groups in total. The first-order chi connectivity index (χ1) is 13.7. The van der Waals surface area contributed by atoms with Crippen LogP contribution in [0.3, 0.4) is 0 Å². The Morgan fingerprint density at radius 3 is 2.66 bits per heavy atom. The molecule has 8 heteroatoms. The van der Waals surface area contributed by atoms with Crippen molar-refractivity contribution < 1.29 is 19.4 Å². The topological polar surface area (TPSA) is 87.9 Å². The Labute approximate surface area is 170 Å². The van der Waals surface area contributed by atoms with Crippen molar-refractivity contribution in [2.45, 2.75) is 59.0 Å². The summed E-state index contributed by atoms with van der Waals surface area (Å²) >= 11 is 0. The van der Waals surface area contributed by atoms with Crippen molar-refractivity contribution in [1.29, 1.82) is 0 Å². The maximum absolute atomic E-state index is 12.3. The van der Waals surface area contributed by atoms with Crippen LogP contribution < -0.4 is 4.90 Å². The highest BCUT2D eigenvalue weighted by Crippen LogP contribution is 2.43. The zero-order chi connectivity index (χ0) is 21.3. The Bertz CT molecular complexity index is 908. The van der Waals surface area contributed by atoms with E-state index in [1.54, 1.807) is 29.8 Å². The predicted molar refractivity (Wildman–Crippen MR) is 110 cm³/mol. The number of carbonyl (C=O) groups is 2. The van der Waals surface area contributed by atoms with Crippen LogP contribution in [0.1, 0.15) is 45.7 Å². The molecule has 0 bridgehead atoms. The fourth-order valence-electron chi connectivity index (χ4n) is 4.19. The summed E-state index contributed by atoms with van der Waals surface area (Å²) in [5.74, 6) is -0.0516. The van der Waals surface area contributed by atoms with Crippen molar-refractivity contribution in [1.82, 2.24) is 14.7 Å². The number of methoxy groups -OCH3 is 1. The van der Waals surface area contributed by atoms with Crippen LogP contribution >= 0.6 is 0 Å². The van der Waals surface area contributed by atoms with Crippen molar-refractivity contribution in [3.8, 4) is 11.1 Å². The molecule has 8 nitrogen and oxygen atoms in total. The second-order valence-corrected chi connectivity index (χ2v) is 7.73. The van der Waals surface area contributed by atoms with Crippen molar-refractivity contribution in [3.63, 3.8) is 0 Å². The first-order valence-corrected chi connectivity index (χ1v) is 9.71. The van der Waals surface area contributed by atoms with E-state index < -0.39 is 6.09 Å². The second kappa shape index (κ2) is 8.24. The van der Waals surface area contributed by atoms with Crippen LogP contribution in [0, 0.1) is 0 Å². The molecule has 2 heterocycles. The van der Waals surface area contributed by atoms with E-state index in [1.807, 2.05) is 45.2 Å². The highest BCUT2D eigenvalue weighted by molar-refractivity contribution is 5.94. The van der Waals surface area contributed by atoms with Crippen LogP contribution in [0.15, 0.2) is 30.6 Å². The highest BCUT2D eigenvalue weighted by atomic mass is 16.5. The van der Waals surface area contributed by atoms with E-state index in [4.69, 9.17) is 4.74 Å². The number of hydrogen-bond donors (Lipinski definition) is 1. The number of hydrogen-bond acceptors (Lipinski definition) is 4. The SMILES string of the molecule is COCn1cc(-c2ccc3c(c2)[C@H](N(C(=O)O)C(C)C)C[C@H](C)N3C(C)=O)cn1. The van der Waals surface area contributed by atoms with E-state index in [0.717, 1.165) is 22.4 Å². The van der Waals surface area contributed by atoms with Gasteiger partial charge in [0.15, 0.2) is 0 Å². The van der Waals surface area contributed by atoms with Crippen molar-refractivity contribution in [2.24, 2.45) is 0 Å². The standard InChI is InChI=1S/C21H28N4O4/c1-13(2)24(21(27)28)20-8-14(3)25(15(4)26)19-7-6-16(9-18(19)20)17-10-22-23(11-17)12-29-5/h6-7,9-11,13-14,20H,8,12H2,1-5H3,(H,27,28)/t14-,20+/m0/s1. The summed E-state index contributed by atoms with van der Waals surface area (Å²) in [6, 6.07) is 5.22. The monoisotopic (exact) mass is 400 g/mol. The van der Waals surface area contributed by atoms with Gasteiger partial charge in [-0.1, -0.05) is 6.07 Å². The van der Waals surface area contributed by atoms with E-state index in [9.17, 15) is 14.7 Å². The molecule has 156 valence electrons. The molecule has 0 fully saturated rings. The largest absolute Gasteiger partial charge is 0.465 e. The van der Waals surface area contributed by atoms with Gasteiger partial charge < -0.3 is 14.7 Å². The number of carboxylic acid groups (broad SMARTS) is 1. The molecule has 0 saturated carbocycles. The number of rotatable bonds is 5. The molecular weight excluding hydrogens is 372 g/mol. The second-order valence-electron chi connectivity index (χ2n) is 7.73. The highest BCUT2D eigenvalue weighted by Gasteiger charge is 2.38. The van der Waals surface area contributed by atoms with Crippen molar-refractivity contribution >= 4 is 17.7 Å². The normalized spacial score (nSPS) is 18.6. The number of fused-ring (bicyclic) bond motifs is 1. The zero-order valence-corrected chi connectivity index (χ0v) is 17.5. The molecule has 3 rings (SSSR count). The minimum atomic E-state index is -0.960. The van der Waals surface area contributed by atoms with Gasteiger partial charge in [0.1, 0.15) is 6.73 Å². The third-order valence-electron chi connectivity index (χ3n) is 5.33. The van der Waals surface area contributed by atoms with Gasteiger partial charge in [0, 0.05) is 43.6 Å². The van der Waals surface area contributed by atoms with E-state index >= 15 is 0 Å². The lowest BCUT2D eigenvalue weighted by Crippen LogP contribution is -2.48. The van der Waals surface area contributed by atoms with E-state index in [-0.39, 0.29) is 24.0 Å². The lowest BCUT2D eigenvalue weighted by molar-refractivity contribution is -0.117. The number of aromatic nitrogens is 2. The summed E-state index contributed by atoms with van der Waals surface area (Å²) < 4.78 is 6.79. The van der Waals surface area contributed by atoms with Gasteiger partial charge in [-0.15, -0.1) is 0 Å². The fraction of sp³-hybridized carbons (Fsp3) is 0.476. The summed E-state index contributed by atoms with van der Waals surface area (Å²) in [5.41, 5.74) is 3.43. The fourth-order valence-corrected chi connectivity index (χ4v) is 4.19. The van der Waals surface area contributed by atoms with Crippen LogP contribution in [0.4, 0.5) is 10.5 Å². The molecule has 0 unspecified atom stereocenters. The number of carbonyl (C=O) groups excluding carboxylic acids is 1. The summed E-state index contributed by atoms with van der Waals surface area (Å²) in [6.45, 7) is 7.59. The Balaban J connectivity index is 2.12. The van der Waals surface area contributed by atoms with Gasteiger partial charge in [-0.25, -0.2) is 9.48 Å². The van der Waals surface area contributed by atoms with Crippen LogP contribution in [0.25, 0.3) is 11.1 Å². The van der Waals surface area contributed by atoms with Crippen LogP contribution in [0.5, 0.6) is 0 Å². The van der Waals surface area contributed by atoms with E-state index in [0.29, 0.717) is 13.2 Å². The minimum absolute atomic E-state index is 0.0516. The number of amides is 2.